The topological polar surface area (TPSA) is 57.9 Å². The third-order valence-corrected chi connectivity index (χ3v) is 2.71. The van der Waals surface area contributed by atoms with Crippen molar-refractivity contribution in [1.29, 1.82) is 0 Å². The number of aromatic nitrogens is 2. The first-order valence-electron chi connectivity index (χ1n) is 5.32. The van der Waals surface area contributed by atoms with Crippen molar-refractivity contribution in [3.63, 3.8) is 0 Å². The monoisotopic (exact) mass is 231 g/mol. The molecule has 0 saturated carbocycles. The molecule has 0 aliphatic rings. The van der Waals surface area contributed by atoms with Gasteiger partial charge in [0.1, 0.15) is 5.75 Å². The van der Waals surface area contributed by atoms with Crippen LogP contribution in [0.5, 0.6) is 11.5 Å². The van der Waals surface area contributed by atoms with Gasteiger partial charge in [0, 0.05) is 17.7 Å². The maximum Gasteiger partial charge on any atom is 0.254 e. The minimum absolute atomic E-state index is 0.505. The molecule has 0 unspecified atom stereocenters. The fraction of sp³-hybridized carbons (Fsp3) is 0.231. The van der Waals surface area contributed by atoms with Gasteiger partial charge in [0.2, 0.25) is 0 Å². The second-order valence-electron chi connectivity index (χ2n) is 3.90. The van der Waals surface area contributed by atoms with Crippen molar-refractivity contribution in [3.8, 4) is 22.6 Å². The van der Waals surface area contributed by atoms with E-state index in [1.807, 2.05) is 26.0 Å². The van der Waals surface area contributed by atoms with E-state index < -0.39 is 0 Å². The Hall–Kier alpha value is -2.10. The smallest absolute Gasteiger partial charge is 0.254 e. The zero-order valence-electron chi connectivity index (χ0n) is 10.1. The molecule has 1 aromatic carbocycles. The summed E-state index contributed by atoms with van der Waals surface area (Å²) < 4.78 is 5.32. The summed E-state index contributed by atoms with van der Waals surface area (Å²) in [5, 5.41) is 15.5. The molecule has 1 heterocycles. The molecule has 0 saturated heterocycles. The van der Waals surface area contributed by atoms with Gasteiger partial charge in [-0.25, -0.2) is 0 Å². The molecule has 0 atom stereocenters. The molecule has 0 radical (unpaired) electrons. The largest absolute Gasteiger partial charge is 0.593 e. The molecule has 0 aliphatic heterocycles. The molecule has 0 aliphatic carbocycles. The van der Waals surface area contributed by atoms with Crippen LogP contribution in [0, 0.1) is 13.8 Å². The maximum absolute atomic E-state index is 7.59. The Balaban J connectivity index is 2.67. The Kier molecular flexibility index (Phi) is 2.95. The van der Waals surface area contributed by atoms with Gasteiger partial charge in [0.05, 0.1) is 19.0 Å². The van der Waals surface area contributed by atoms with Gasteiger partial charge >= 0.3 is 0 Å². The molecule has 2 aromatic rings. The van der Waals surface area contributed by atoms with Gasteiger partial charge in [0.15, 0.2) is 0 Å². The lowest BCUT2D eigenvalue weighted by molar-refractivity contribution is 0.412. The first kappa shape index (κ1) is 11.4. The Morgan fingerprint density at radius 3 is 2.65 bits per heavy atom. The molecule has 0 fully saturated rings. The van der Waals surface area contributed by atoms with Crippen LogP contribution >= 0.6 is 0 Å². The van der Waals surface area contributed by atoms with Crippen molar-refractivity contribution in [2.45, 2.75) is 13.8 Å². The standard InChI is InChI=1S/C13H14N2O2/c1-8-6-10(16)4-5-11(8)13-9(2)15-14-7-12(13)17-3/h4-7,16H,1-3H3/p+1. The molecule has 2 rings (SSSR count). The lowest BCUT2D eigenvalue weighted by atomic mass is 9.99. The molecule has 0 bridgehead atoms. The van der Waals surface area contributed by atoms with Crippen molar-refractivity contribution in [2.24, 2.45) is 0 Å². The van der Waals surface area contributed by atoms with Crippen LogP contribution in [0.3, 0.4) is 0 Å². The van der Waals surface area contributed by atoms with E-state index in [0.717, 1.165) is 22.4 Å². The average Bonchev–Trinajstić information content (AvgIpc) is 2.30. The van der Waals surface area contributed by atoms with Crippen LogP contribution in [0.15, 0.2) is 24.4 Å². The molecule has 0 spiro atoms. The summed E-state index contributed by atoms with van der Waals surface area (Å²) in [6.45, 7) is 3.88. The summed E-state index contributed by atoms with van der Waals surface area (Å²) in [6.07, 6.45) is 1.61. The predicted molar refractivity (Wildman–Crippen MR) is 66.6 cm³/mol. The van der Waals surface area contributed by atoms with Crippen LogP contribution in [0.25, 0.3) is 11.1 Å². The third kappa shape index (κ3) is 2.06. The number of aryl methyl sites for hydroxylation is 2. The zero-order chi connectivity index (χ0) is 12.4. The van der Waals surface area contributed by atoms with Crippen molar-refractivity contribution in [2.75, 3.05) is 7.11 Å². The Morgan fingerprint density at radius 1 is 1.24 bits per heavy atom. The highest BCUT2D eigenvalue weighted by Crippen LogP contribution is 2.34. The van der Waals surface area contributed by atoms with Crippen LogP contribution in [0.1, 0.15) is 11.3 Å². The van der Waals surface area contributed by atoms with Crippen LogP contribution < -0.4 is 4.74 Å². The molecule has 2 N–H and O–H groups in total. The Bertz CT molecular complexity index is 553. The summed E-state index contributed by atoms with van der Waals surface area (Å²) in [6, 6.07) is 5.51. The predicted octanol–water partition coefficient (Wildman–Crippen LogP) is 2.21. The number of benzene rings is 1. The van der Waals surface area contributed by atoms with E-state index >= 15 is 0 Å². The summed E-state index contributed by atoms with van der Waals surface area (Å²) in [5.41, 5.74) is 3.84. The number of hydrogen-bond acceptors (Lipinski definition) is 3. The number of rotatable bonds is 2. The van der Waals surface area contributed by atoms with Crippen LogP contribution in [-0.4, -0.2) is 22.4 Å². The fourth-order valence-corrected chi connectivity index (χ4v) is 1.89. The SMILES string of the molecule is COc1cnnc(C)c1-c1ccc([OH2+])cc1C. The molecule has 0 amide bonds. The first-order valence-corrected chi connectivity index (χ1v) is 5.32. The molecule has 4 nitrogen and oxygen atoms in total. The quantitative estimate of drug-likeness (QED) is 0.744. The van der Waals surface area contributed by atoms with Gasteiger partial charge in [-0.2, -0.15) is 10.2 Å². The van der Waals surface area contributed by atoms with E-state index in [4.69, 9.17) is 9.84 Å². The number of hydrogen-bond donors (Lipinski definition) is 0. The van der Waals surface area contributed by atoms with Gasteiger partial charge in [-0.15, -0.1) is 0 Å². The maximum atomic E-state index is 7.59. The summed E-state index contributed by atoms with van der Waals surface area (Å²) >= 11 is 0. The van der Waals surface area contributed by atoms with E-state index in [-0.39, 0.29) is 0 Å². The van der Waals surface area contributed by atoms with Crippen molar-refractivity contribution < 1.29 is 9.84 Å². The summed E-state index contributed by atoms with van der Waals surface area (Å²) in [5.74, 6) is 1.21. The molecular formula is C13H15N2O2+. The molecule has 17 heavy (non-hydrogen) atoms. The fourth-order valence-electron chi connectivity index (χ4n) is 1.89. The van der Waals surface area contributed by atoms with Gasteiger partial charge in [0.25, 0.3) is 5.75 Å². The lowest BCUT2D eigenvalue weighted by Crippen LogP contribution is -1.97. The third-order valence-electron chi connectivity index (χ3n) is 2.71. The van der Waals surface area contributed by atoms with Crippen LogP contribution in [-0.2, 0) is 0 Å². The van der Waals surface area contributed by atoms with Crippen molar-refractivity contribution in [3.05, 3.63) is 35.7 Å². The normalized spacial score (nSPS) is 10.3. The average molecular weight is 231 g/mol. The van der Waals surface area contributed by atoms with E-state index in [1.54, 1.807) is 19.4 Å². The lowest BCUT2D eigenvalue weighted by Gasteiger charge is -2.11. The van der Waals surface area contributed by atoms with Crippen LogP contribution in [0.4, 0.5) is 0 Å². The highest BCUT2D eigenvalue weighted by atomic mass is 16.5. The Labute approximate surface area is 99.9 Å². The van der Waals surface area contributed by atoms with Crippen molar-refractivity contribution in [1.82, 2.24) is 10.2 Å². The highest BCUT2D eigenvalue weighted by Gasteiger charge is 2.13. The van der Waals surface area contributed by atoms with E-state index in [0.29, 0.717) is 11.5 Å². The van der Waals surface area contributed by atoms with Gasteiger partial charge < -0.3 is 9.84 Å². The highest BCUT2D eigenvalue weighted by molar-refractivity contribution is 5.75. The minimum Gasteiger partial charge on any atom is -0.593 e. The Morgan fingerprint density at radius 2 is 2.00 bits per heavy atom. The van der Waals surface area contributed by atoms with E-state index in [9.17, 15) is 0 Å². The second-order valence-corrected chi connectivity index (χ2v) is 3.90. The van der Waals surface area contributed by atoms with Crippen molar-refractivity contribution >= 4 is 0 Å². The summed E-state index contributed by atoms with van der Waals surface area (Å²) in [7, 11) is 1.62. The molecular weight excluding hydrogens is 216 g/mol. The molecule has 88 valence electrons. The number of methoxy groups -OCH3 is 1. The van der Waals surface area contributed by atoms with Crippen LogP contribution in [0.2, 0.25) is 0 Å². The van der Waals surface area contributed by atoms with Gasteiger partial charge in [-0.3, -0.25) is 0 Å². The molecule has 1 aromatic heterocycles. The summed E-state index contributed by atoms with van der Waals surface area (Å²) in [4.78, 5) is 0. The first-order chi connectivity index (χ1) is 8.13. The zero-order valence-corrected chi connectivity index (χ0v) is 10.1. The van der Waals surface area contributed by atoms with E-state index in [2.05, 4.69) is 10.2 Å². The van der Waals surface area contributed by atoms with E-state index in [1.165, 1.54) is 0 Å². The second kappa shape index (κ2) is 4.41. The molecule has 4 heteroatoms. The van der Waals surface area contributed by atoms with Gasteiger partial charge in [-0.05, 0) is 31.0 Å². The van der Waals surface area contributed by atoms with Gasteiger partial charge in [-0.1, -0.05) is 0 Å². The number of nitrogens with zero attached hydrogens (tertiary/aromatic N) is 2. The number of ether oxygens (including phenoxy) is 1. The minimum atomic E-state index is 0.505.